The molecule has 38 heavy (non-hydrogen) atoms. The number of amides is 2. The highest BCUT2D eigenvalue weighted by molar-refractivity contribution is 5.96. The molecular formula is C27H31FN6O4. The molecule has 2 N–H and O–H groups in total. The van der Waals surface area contributed by atoms with Gasteiger partial charge in [-0.3, -0.25) is 4.79 Å². The Kier molecular flexibility index (Phi) is 7.52. The van der Waals surface area contributed by atoms with Gasteiger partial charge in [-0.25, -0.2) is 18.9 Å². The van der Waals surface area contributed by atoms with Crippen molar-refractivity contribution in [3.8, 4) is 5.88 Å². The van der Waals surface area contributed by atoms with Gasteiger partial charge in [0.05, 0.1) is 25.5 Å². The van der Waals surface area contributed by atoms with Gasteiger partial charge in [0.1, 0.15) is 18.5 Å². The van der Waals surface area contributed by atoms with Crippen LogP contribution in [0.5, 0.6) is 5.88 Å². The molecule has 2 saturated carbocycles. The fourth-order valence-electron chi connectivity index (χ4n) is 4.90. The maximum absolute atomic E-state index is 13.8. The van der Waals surface area contributed by atoms with Crippen LogP contribution >= 0.6 is 0 Å². The maximum atomic E-state index is 13.8. The molecule has 10 nitrogen and oxygen atoms in total. The second-order valence-corrected chi connectivity index (χ2v) is 9.94. The lowest BCUT2D eigenvalue weighted by Gasteiger charge is -2.26. The molecule has 2 aliphatic carbocycles. The van der Waals surface area contributed by atoms with Crippen LogP contribution in [0, 0.1) is 23.6 Å². The van der Waals surface area contributed by atoms with Crippen molar-refractivity contribution in [2.24, 2.45) is 17.8 Å². The minimum absolute atomic E-state index is 0.0378. The van der Waals surface area contributed by atoms with Gasteiger partial charge in [-0.1, -0.05) is 35.5 Å². The highest BCUT2D eigenvalue weighted by Gasteiger charge is 2.48. The summed E-state index contributed by atoms with van der Waals surface area (Å²) in [6.07, 6.45) is 6.18. The standard InChI is InChI=1S/C27H31FN6O4/c1-16(21-12-20(28)13-29-26(21)37-2)34-14-22(32-33-34)30-25(35)24(23(18-8-9-18)19-10-11-19)31-27(36)38-15-17-6-4-3-5-7-17/h3-7,12-14,16,18-19,23-24H,8-11,15H2,1-2H3,(H,30,35)(H,31,36). The lowest BCUT2D eigenvalue weighted by atomic mass is 9.89. The highest BCUT2D eigenvalue weighted by atomic mass is 19.1. The topological polar surface area (TPSA) is 120 Å². The van der Waals surface area contributed by atoms with Crippen LogP contribution in [0.2, 0.25) is 0 Å². The summed E-state index contributed by atoms with van der Waals surface area (Å²) in [5, 5.41) is 13.8. The summed E-state index contributed by atoms with van der Waals surface area (Å²) in [4.78, 5) is 30.2. The molecule has 2 atom stereocenters. The molecule has 2 unspecified atom stereocenters. The van der Waals surface area contributed by atoms with Gasteiger partial charge in [0.2, 0.25) is 11.8 Å². The molecule has 0 radical (unpaired) electrons. The van der Waals surface area contributed by atoms with E-state index in [-0.39, 0.29) is 30.1 Å². The Morgan fingerprint density at radius 2 is 1.87 bits per heavy atom. The third kappa shape index (κ3) is 6.09. The average Bonchev–Trinajstić information content (AvgIpc) is 3.87. The van der Waals surface area contributed by atoms with Crippen LogP contribution in [0.15, 0.2) is 48.8 Å². The molecule has 5 rings (SSSR count). The van der Waals surface area contributed by atoms with Crippen molar-refractivity contribution in [3.63, 3.8) is 0 Å². The minimum Gasteiger partial charge on any atom is -0.481 e. The number of pyridine rings is 1. The number of halogens is 1. The highest BCUT2D eigenvalue weighted by Crippen LogP contribution is 2.50. The van der Waals surface area contributed by atoms with E-state index in [2.05, 4.69) is 25.9 Å². The Hall–Kier alpha value is -4.02. The molecular weight excluding hydrogens is 491 g/mol. The summed E-state index contributed by atoms with van der Waals surface area (Å²) in [6, 6.07) is 9.49. The summed E-state index contributed by atoms with van der Waals surface area (Å²) in [7, 11) is 1.46. The summed E-state index contributed by atoms with van der Waals surface area (Å²) < 4.78 is 26.0. The molecule has 2 heterocycles. The Balaban J connectivity index is 1.28. The van der Waals surface area contributed by atoms with Crippen molar-refractivity contribution >= 4 is 17.8 Å². The van der Waals surface area contributed by atoms with Gasteiger partial charge in [0, 0.05) is 5.56 Å². The van der Waals surface area contributed by atoms with Crippen molar-refractivity contribution in [3.05, 3.63) is 65.7 Å². The number of ether oxygens (including phenoxy) is 2. The van der Waals surface area contributed by atoms with Gasteiger partial charge < -0.3 is 20.1 Å². The van der Waals surface area contributed by atoms with E-state index in [1.54, 1.807) is 13.1 Å². The number of aromatic nitrogens is 4. The van der Waals surface area contributed by atoms with Gasteiger partial charge in [-0.2, -0.15) is 0 Å². The molecule has 0 bridgehead atoms. The average molecular weight is 523 g/mol. The Morgan fingerprint density at radius 1 is 1.16 bits per heavy atom. The van der Waals surface area contributed by atoms with Crippen molar-refractivity contribution in [1.82, 2.24) is 25.3 Å². The van der Waals surface area contributed by atoms with Gasteiger partial charge in [-0.15, -0.1) is 5.10 Å². The zero-order valence-corrected chi connectivity index (χ0v) is 21.3. The maximum Gasteiger partial charge on any atom is 0.408 e. The predicted molar refractivity (Wildman–Crippen MR) is 136 cm³/mol. The Labute approximate surface area is 219 Å². The molecule has 2 fully saturated rings. The van der Waals surface area contributed by atoms with Crippen molar-refractivity contribution in [1.29, 1.82) is 0 Å². The Morgan fingerprint density at radius 3 is 2.53 bits per heavy atom. The molecule has 1 aromatic carbocycles. The first kappa shape index (κ1) is 25.6. The number of hydrogen-bond donors (Lipinski definition) is 2. The molecule has 0 aliphatic heterocycles. The van der Waals surface area contributed by atoms with Crippen LogP contribution in [-0.4, -0.2) is 45.1 Å². The second kappa shape index (κ2) is 11.2. The molecule has 0 spiro atoms. The van der Waals surface area contributed by atoms with Gasteiger partial charge in [-0.05, 0) is 62.0 Å². The van der Waals surface area contributed by atoms with E-state index in [4.69, 9.17) is 9.47 Å². The summed E-state index contributed by atoms with van der Waals surface area (Å²) in [5.41, 5.74) is 1.35. The SMILES string of the molecule is COc1ncc(F)cc1C(C)n1cc(NC(=O)C(NC(=O)OCc2ccccc2)C(C2CC2)C2CC2)nn1. The first-order valence-corrected chi connectivity index (χ1v) is 12.8. The molecule has 11 heteroatoms. The largest absolute Gasteiger partial charge is 0.481 e. The number of hydrogen-bond acceptors (Lipinski definition) is 7. The molecule has 3 aromatic rings. The number of carbonyl (C=O) groups is 2. The van der Waals surface area contributed by atoms with Crippen LogP contribution in [0.4, 0.5) is 15.0 Å². The number of nitrogens with zero attached hydrogens (tertiary/aromatic N) is 4. The fraction of sp³-hybridized carbons (Fsp3) is 0.444. The van der Waals surface area contributed by atoms with Crippen molar-refractivity contribution < 1.29 is 23.5 Å². The smallest absolute Gasteiger partial charge is 0.408 e. The third-order valence-corrected chi connectivity index (χ3v) is 7.13. The molecule has 0 saturated heterocycles. The fourth-order valence-corrected chi connectivity index (χ4v) is 4.90. The van der Waals surface area contributed by atoms with E-state index in [0.717, 1.165) is 37.4 Å². The van der Waals surface area contributed by atoms with Crippen LogP contribution < -0.4 is 15.4 Å². The van der Waals surface area contributed by atoms with Crippen LogP contribution in [0.25, 0.3) is 0 Å². The summed E-state index contributed by atoms with van der Waals surface area (Å²) in [5.74, 6) is 0.467. The van der Waals surface area contributed by atoms with Crippen molar-refractivity contribution in [2.45, 2.75) is 51.3 Å². The van der Waals surface area contributed by atoms with Crippen LogP contribution in [0.1, 0.15) is 49.8 Å². The number of rotatable bonds is 11. The first-order chi connectivity index (χ1) is 18.4. The monoisotopic (exact) mass is 522 g/mol. The molecule has 2 aliphatic rings. The van der Waals surface area contributed by atoms with E-state index < -0.39 is 24.0 Å². The lowest BCUT2D eigenvalue weighted by molar-refractivity contribution is -0.119. The molecule has 2 amide bonds. The zero-order valence-electron chi connectivity index (χ0n) is 21.3. The van der Waals surface area contributed by atoms with Crippen LogP contribution in [0.3, 0.4) is 0 Å². The lowest BCUT2D eigenvalue weighted by Crippen LogP contribution is -2.50. The number of benzene rings is 1. The normalized spacial score (nSPS) is 16.5. The number of alkyl carbamates (subject to hydrolysis) is 1. The van der Waals surface area contributed by atoms with E-state index in [1.807, 2.05) is 30.3 Å². The minimum atomic E-state index is -0.756. The van der Waals surface area contributed by atoms with E-state index >= 15 is 0 Å². The third-order valence-electron chi connectivity index (χ3n) is 7.13. The quantitative estimate of drug-likeness (QED) is 0.389. The summed E-state index contributed by atoms with van der Waals surface area (Å²) >= 11 is 0. The first-order valence-electron chi connectivity index (χ1n) is 12.8. The second-order valence-electron chi connectivity index (χ2n) is 9.94. The van der Waals surface area contributed by atoms with E-state index in [0.29, 0.717) is 17.4 Å². The van der Waals surface area contributed by atoms with Gasteiger partial charge in [0.25, 0.3) is 0 Å². The van der Waals surface area contributed by atoms with E-state index in [9.17, 15) is 14.0 Å². The summed E-state index contributed by atoms with van der Waals surface area (Å²) in [6.45, 7) is 1.91. The predicted octanol–water partition coefficient (Wildman–Crippen LogP) is 4.10. The number of nitrogens with one attached hydrogen (secondary N) is 2. The molecule has 200 valence electrons. The number of anilines is 1. The number of methoxy groups -OCH3 is 1. The Bertz CT molecular complexity index is 1270. The van der Waals surface area contributed by atoms with Crippen LogP contribution in [-0.2, 0) is 16.1 Å². The van der Waals surface area contributed by atoms with Gasteiger partial charge in [0.15, 0.2) is 5.82 Å². The van der Waals surface area contributed by atoms with Gasteiger partial charge >= 0.3 is 6.09 Å². The number of carbonyl (C=O) groups excluding carboxylic acids is 2. The van der Waals surface area contributed by atoms with E-state index in [1.165, 1.54) is 17.9 Å². The zero-order chi connectivity index (χ0) is 26.6. The molecule has 2 aromatic heterocycles. The van der Waals surface area contributed by atoms with Crippen molar-refractivity contribution in [2.75, 3.05) is 12.4 Å².